The largest absolute Gasteiger partial charge is 0.338 e. The first kappa shape index (κ1) is 20.5. The molecule has 3 aromatic rings. The molecule has 0 aliphatic carbocycles. The molecule has 2 heterocycles. The number of nitrogens with one attached hydrogen (secondary N) is 2. The van der Waals surface area contributed by atoms with Crippen LogP contribution in [-0.2, 0) is 17.9 Å². The summed E-state index contributed by atoms with van der Waals surface area (Å²) in [6.45, 7) is 2.87. The van der Waals surface area contributed by atoms with Gasteiger partial charge in [0.05, 0.1) is 6.54 Å². The Morgan fingerprint density at radius 3 is 2.84 bits per heavy atom. The number of aryl methyl sites for hydroxylation is 1. The molecule has 1 aliphatic rings. The Labute approximate surface area is 178 Å². The molecule has 1 aromatic heterocycles. The minimum Gasteiger partial charge on any atom is -0.338 e. The lowest BCUT2D eigenvalue weighted by atomic mass is 10.1. The van der Waals surface area contributed by atoms with Crippen LogP contribution in [0.1, 0.15) is 35.2 Å². The maximum Gasteiger partial charge on any atom is 0.319 e. The summed E-state index contributed by atoms with van der Waals surface area (Å²) in [4.78, 5) is 30.4. The Hall–Kier alpha value is -3.75. The molecule has 1 saturated heterocycles. The quantitative estimate of drug-likeness (QED) is 0.633. The van der Waals surface area contributed by atoms with Gasteiger partial charge in [-0.1, -0.05) is 29.4 Å². The molecule has 0 spiro atoms. The standard InChI is InChI=1S/C22H22FN5O3/c1-14-3-2-4-18(9-14)25-22(30)24-11-19-26-21(27-31-19)16-10-20(29)28(13-16)12-15-5-7-17(23)8-6-15/h2-9,16H,10-13H2,1H3,(H2,24,25,30)/t16-/m0/s1. The zero-order valence-corrected chi connectivity index (χ0v) is 17.0. The lowest BCUT2D eigenvalue weighted by molar-refractivity contribution is -0.128. The fraction of sp³-hybridized carbons (Fsp3) is 0.273. The monoisotopic (exact) mass is 423 g/mol. The highest BCUT2D eigenvalue weighted by Crippen LogP contribution is 2.27. The van der Waals surface area contributed by atoms with Crippen LogP contribution in [0, 0.1) is 12.7 Å². The molecule has 1 atom stereocenters. The Balaban J connectivity index is 1.29. The van der Waals surface area contributed by atoms with Gasteiger partial charge in [-0.15, -0.1) is 0 Å². The van der Waals surface area contributed by atoms with Crippen molar-refractivity contribution >= 4 is 17.6 Å². The molecule has 4 rings (SSSR count). The van der Waals surface area contributed by atoms with Crippen molar-refractivity contribution in [3.05, 3.63) is 77.2 Å². The van der Waals surface area contributed by atoms with E-state index in [0.29, 0.717) is 24.6 Å². The molecule has 1 aliphatic heterocycles. The number of carbonyl (C=O) groups excluding carboxylic acids is 2. The second-order valence-corrected chi connectivity index (χ2v) is 7.53. The summed E-state index contributed by atoms with van der Waals surface area (Å²) in [5.74, 6) is 0.183. The van der Waals surface area contributed by atoms with Crippen LogP contribution in [0.4, 0.5) is 14.9 Å². The summed E-state index contributed by atoms with van der Waals surface area (Å²) in [5, 5.41) is 9.38. The predicted octanol–water partition coefficient (Wildman–Crippen LogP) is 3.35. The Morgan fingerprint density at radius 1 is 1.26 bits per heavy atom. The number of aromatic nitrogens is 2. The van der Waals surface area contributed by atoms with E-state index in [1.807, 2.05) is 25.1 Å². The smallest absolute Gasteiger partial charge is 0.319 e. The van der Waals surface area contributed by atoms with E-state index in [4.69, 9.17) is 4.52 Å². The molecule has 2 N–H and O–H groups in total. The van der Waals surface area contributed by atoms with Crippen LogP contribution >= 0.6 is 0 Å². The molecule has 0 unspecified atom stereocenters. The van der Waals surface area contributed by atoms with Crippen LogP contribution in [0.15, 0.2) is 53.1 Å². The maximum absolute atomic E-state index is 13.1. The molecule has 3 amide bonds. The highest BCUT2D eigenvalue weighted by Gasteiger charge is 2.33. The van der Waals surface area contributed by atoms with Gasteiger partial charge in [0.25, 0.3) is 0 Å². The van der Waals surface area contributed by atoms with E-state index in [1.165, 1.54) is 12.1 Å². The van der Waals surface area contributed by atoms with E-state index in [-0.39, 0.29) is 42.5 Å². The number of benzene rings is 2. The van der Waals surface area contributed by atoms with Crippen molar-refractivity contribution in [3.8, 4) is 0 Å². The van der Waals surface area contributed by atoms with Gasteiger partial charge in [-0.3, -0.25) is 4.79 Å². The fourth-order valence-corrected chi connectivity index (χ4v) is 3.47. The summed E-state index contributed by atoms with van der Waals surface area (Å²) in [7, 11) is 0. The number of anilines is 1. The zero-order valence-electron chi connectivity index (χ0n) is 17.0. The number of halogens is 1. The normalized spacial score (nSPS) is 15.9. The van der Waals surface area contributed by atoms with Crippen LogP contribution in [0.5, 0.6) is 0 Å². The van der Waals surface area contributed by atoms with Crippen LogP contribution in [-0.4, -0.2) is 33.5 Å². The first-order valence-electron chi connectivity index (χ1n) is 9.92. The van der Waals surface area contributed by atoms with E-state index in [0.717, 1.165) is 11.1 Å². The van der Waals surface area contributed by atoms with Crippen molar-refractivity contribution in [2.45, 2.75) is 32.4 Å². The summed E-state index contributed by atoms with van der Waals surface area (Å²) in [6.07, 6.45) is 0.279. The van der Waals surface area contributed by atoms with E-state index in [1.54, 1.807) is 23.1 Å². The predicted molar refractivity (Wildman–Crippen MR) is 111 cm³/mol. The average Bonchev–Trinajstić information content (AvgIpc) is 3.35. The molecule has 0 saturated carbocycles. The highest BCUT2D eigenvalue weighted by atomic mass is 19.1. The SMILES string of the molecule is Cc1cccc(NC(=O)NCc2nc([C@H]3CC(=O)N(Cc4ccc(F)cc4)C3)no2)c1. The van der Waals surface area contributed by atoms with Crippen molar-refractivity contribution in [1.29, 1.82) is 0 Å². The van der Waals surface area contributed by atoms with Crippen molar-refractivity contribution < 1.29 is 18.5 Å². The van der Waals surface area contributed by atoms with Crippen molar-refractivity contribution in [2.75, 3.05) is 11.9 Å². The number of amides is 3. The number of nitrogens with zero attached hydrogens (tertiary/aromatic N) is 3. The van der Waals surface area contributed by atoms with Gasteiger partial charge >= 0.3 is 6.03 Å². The minimum absolute atomic E-state index is 0.0173. The Kier molecular flexibility index (Phi) is 5.92. The van der Waals surface area contributed by atoms with E-state index >= 15 is 0 Å². The number of rotatable bonds is 6. The first-order chi connectivity index (χ1) is 15.0. The lowest BCUT2D eigenvalue weighted by Crippen LogP contribution is -2.28. The number of likely N-dealkylation sites (tertiary alicyclic amines) is 1. The third-order valence-corrected chi connectivity index (χ3v) is 5.03. The number of hydrogen-bond donors (Lipinski definition) is 2. The molecule has 1 fully saturated rings. The first-order valence-corrected chi connectivity index (χ1v) is 9.92. The van der Waals surface area contributed by atoms with Gasteiger partial charge in [-0.05, 0) is 42.3 Å². The molecule has 0 bridgehead atoms. The van der Waals surface area contributed by atoms with Crippen LogP contribution in [0.3, 0.4) is 0 Å². The average molecular weight is 423 g/mol. The van der Waals surface area contributed by atoms with Gasteiger partial charge in [0.1, 0.15) is 5.82 Å². The number of hydrogen-bond acceptors (Lipinski definition) is 5. The fourth-order valence-electron chi connectivity index (χ4n) is 3.47. The third-order valence-electron chi connectivity index (χ3n) is 5.03. The summed E-state index contributed by atoms with van der Waals surface area (Å²) in [6, 6.07) is 13.2. The topological polar surface area (TPSA) is 100 Å². The van der Waals surface area contributed by atoms with Gasteiger partial charge < -0.3 is 20.1 Å². The maximum atomic E-state index is 13.1. The molecular formula is C22H22FN5O3. The summed E-state index contributed by atoms with van der Waals surface area (Å²) >= 11 is 0. The van der Waals surface area contributed by atoms with Crippen LogP contribution in [0.25, 0.3) is 0 Å². The Morgan fingerprint density at radius 2 is 2.06 bits per heavy atom. The van der Waals surface area contributed by atoms with Crippen LogP contribution < -0.4 is 10.6 Å². The van der Waals surface area contributed by atoms with E-state index in [9.17, 15) is 14.0 Å². The van der Waals surface area contributed by atoms with Crippen molar-refractivity contribution in [2.24, 2.45) is 0 Å². The minimum atomic E-state index is -0.383. The molecule has 0 radical (unpaired) electrons. The molecule has 8 nitrogen and oxygen atoms in total. The van der Waals surface area contributed by atoms with E-state index < -0.39 is 0 Å². The highest BCUT2D eigenvalue weighted by molar-refractivity contribution is 5.89. The van der Waals surface area contributed by atoms with Crippen molar-refractivity contribution in [3.63, 3.8) is 0 Å². The molecule has 2 aromatic carbocycles. The van der Waals surface area contributed by atoms with Gasteiger partial charge in [-0.2, -0.15) is 4.98 Å². The van der Waals surface area contributed by atoms with Gasteiger partial charge in [0.2, 0.25) is 11.8 Å². The number of carbonyl (C=O) groups is 2. The van der Waals surface area contributed by atoms with Gasteiger partial charge in [0, 0.05) is 31.1 Å². The molecule has 31 heavy (non-hydrogen) atoms. The molecular weight excluding hydrogens is 401 g/mol. The summed E-state index contributed by atoms with van der Waals surface area (Å²) in [5.41, 5.74) is 2.58. The van der Waals surface area contributed by atoms with Crippen LogP contribution in [0.2, 0.25) is 0 Å². The van der Waals surface area contributed by atoms with E-state index in [2.05, 4.69) is 20.8 Å². The summed E-state index contributed by atoms with van der Waals surface area (Å²) < 4.78 is 18.3. The number of urea groups is 1. The van der Waals surface area contributed by atoms with Crippen molar-refractivity contribution in [1.82, 2.24) is 20.4 Å². The second-order valence-electron chi connectivity index (χ2n) is 7.53. The van der Waals surface area contributed by atoms with Gasteiger partial charge in [0.15, 0.2) is 5.82 Å². The second kappa shape index (κ2) is 8.95. The third kappa shape index (κ3) is 5.25. The Bertz CT molecular complexity index is 1080. The molecule has 9 heteroatoms. The lowest BCUT2D eigenvalue weighted by Gasteiger charge is -2.16. The zero-order chi connectivity index (χ0) is 21.8. The van der Waals surface area contributed by atoms with Gasteiger partial charge in [-0.25, -0.2) is 9.18 Å². The molecule has 160 valence electrons.